The van der Waals surface area contributed by atoms with Crippen molar-refractivity contribution in [3.63, 3.8) is 0 Å². The monoisotopic (exact) mass is 553 g/mol. The predicted molar refractivity (Wildman–Crippen MR) is 152 cm³/mol. The summed E-state index contributed by atoms with van der Waals surface area (Å²) in [6.07, 6.45) is 11.7. The fourth-order valence-electron chi connectivity index (χ4n) is 6.33. The summed E-state index contributed by atoms with van der Waals surface area (Å²) in [7, 11) is 0. The first-order valence-electron chi connectivity index (χ1n) is 14.4. The molecule has 3 heterocycles. The third-order valence-corrected chi connectivity index (χ3v) is 8.56. The standard InChI is InChI=1S/C31H32FN7O2/c32-25-14-21(19-8-9-19)13-20-10-11-38(30(41)28(20)25)26-7-3-6-23(24(26)17-40)29-35-27(36-31(33)37-29)12-18-15-34-39(16-18)22-4-1-2-5-22/h3,6-7,13-16,19,22,40H,1-2,4-5,8-12,17H2,(H2,33,35,36,37). The predicted octanol–water partition coefficient (Wildman–Crippen LogP) is 4.73. The summed E-state index contributed by atoms with van der Waals surface area (Å²) in [5.41, 5.74) is 10.5. The van der Waals surface area contributed by atoms with E-state index < -0.39 is 11.7 Å². The first-order valence-corrected chi connectivity index (χ1v) is 14.4. The van der Waals surface area contributed by atoms with Crippen molar-refractivity contribution in [1.29, 1.82) is 0 Å². The molecule has 0 atom stereocenters. The zero-order chi connectivity index (χ0) is 28.1. The van der Waals surface area contributed by atoms with Gasteiger partial charge in [0.1, 0.15) is 11.6 Å². The fourth-order valence-corrected chi connectivity index (χ4v) is 6.33. The lowest BCUT2D eigenvalue weighted by Crippen LogP contribution is -2.39. The summed E-state index contributed by atoms with van der Waals surface area (Å²) >= 11 is 0. The van der Waals surface area contributed by atoms with Gasteiger partial charge in [0.15, 0.2) is 5.82 Å². The van der Waals surface area contributed by atoms with Crippen LogP contribution in [-0.2, 0) is 19.4 Å². The number of aliphatic hydroxyl groups excluding tert-OH is 1. The van der Waals surface area contributed by atoms with E-state index in [1.54, 1.807) is 23.1 Å². The minimum atomic E-state index is -0.480. The van der Waals surface area contributed by atoms with Gasteiger partial charge in [-0.05, 0) is 66.8 Å². The molecule has 1 aliphatic heterocycles. The highest BCUT2D eigenvalue weighted by Crippen LogP contribution is 2.42. The third kappa shape index (κ3) is 4.86. The Hall–Kier alpha value is -4.18. The topological polar surface area (TPSA) is 123 Å². The van der Waals surface area contributed by atoms with Gasteiger partial charge in [0.2, 0.25) is 5.95 Å². The van der Waals surface area contributed by atoms with E-state index in [0.29, 0.717) is 59.8 Å². The van der Waals surface area contributed by atoms with Crippen LogP contribution in [0.5, 0.6) is 0 Å². The maximum atomic E-state index is 15.2. The number of carbonyl (C=O) groups excluding carboxylic acids is 1. The largest absolute Gasteiger partial charge is 0.392 e. The molecule has 0 bridgehead atoms. The summed E-state index contributed by atoms with van der Waals surface area (Å²) in [6, 6.07) is 9.27. The van der Waals surface area contributed by atoms with E-state index in [1.165, 1.54) is 18.9 Å². The van der Waals surface area contributed by atoms with Crippen molar-refractivity contribution >= 4 is 17.5 Å². The Kier molecular flexibility index (Phi) is 6.50. The van der Waals surface area contributed by atoms with Crippen LogP contribution in [-0.4, -0.2) is 42.3 Å². The number of carbonyl (C=O) groups is 1. The molecule has 2 aromatic carbocycles. The molecule has 2 fully saturated rings. The Bertz CT molecular complexity index is 1640. The molecular weight excluding hydrogens is 521 g/mol. The number of benzene rings is 2. The maximum Gasteiger partial charge on any atom is 0.261 e. The van der Waals surface area contributed by atoms with E-state index in [-0.39, 0.29) is 18.1 Å². The molecule has 10 heteroatoms. The zero-order valence-electron chi connectivity index (χ0n) is 22.8. The number of rotatable bonds is 7. The average Bonchev–Trinajstić information content (AvgIpc) is 3.47. The summed E-state index contributed by atoms with van der Waals surface area (Å²) in [6.45, 7) is 0.0196. The third-order valence-electron chi connectivity index (χ3n) is 8.56. The molecule has 1 amide bonds. The van der Waals surface area contributed by atoms with Crippen LogP contribution in [0.25, 0.3) is 11.4 Å². The molecule has 41 heavy (non-hydrogen) atoms. The van der Waals surface area contributed by atoms with Gasteiger partial charge in [-0.15, -0.1) is 0 Å². The van der Waals surface area contributed by atoms with Crippen molar-refractivity contribution < 1.29 is 14.3 Å². The highest BCUT2D eigenvalue weighted by Gasteiger charge is 2.33. The molecule has 0 saturated heterocycles. The van der Waals surface area contributed by atoms with Crippen LogP contribution in [0, 0.1) is 5.82 Å². The van der Waals surface area contributed by atoms with Crippen molar-refractivity contribution in [2.45, 2.75) is 69.9 Å². The van der Waals surface area contributed by atoms with Crippen LogP contribution in [0.1, 0.15) is 88.9 Å². The number of hydrogen-bond acceptors (Lipinski definition) is 7. The number of hydrogen-bond donors (Lipinski definition) is 2. The fraction of sp³-hybridized carbons (Fsp3) is 0.387. The van der Waals surface area contributed by atoms with E-state index in [1.807, 2.05) is 23.1 Å². The van der Waals surface area contributed by atoms with Crippen molar-refractivity contribution in [3.8, 4) is 11.4 Å². The smallest absolute Gasteiger partial charge is 0.261 e. The van der Waals surface area contributed by atoms with Crippen LogP contribution in [0.15, 0.2) is 42.7 Å². The van der Waals surface area contributed by atoms with Gasteiger partial charge in [-0.25, -0.2) is 9.37 Å². The Labute approximate surface area is 237 Å². The minimum Gasteiger partial charge on any atom is -0.392 e. The normalized spacial score (nSPS) is 17.3. The van der Waals surface area contributed by atoms with Gasteiger partial charge in [0.05, 0.1) is 30.1 Å². The number of aromatic nitrogens is 5. The maximum absolute atomic E-state index is 15.2. The van der Waals surface area contributed by atoms with Gasteiger partial charge >= 0.3 is 0 Å². The number of aliphatic hydroxyl groups is 1. The van der Waals surface area contributed by atoms with Gasteiger partial charge < -0.3 is 15.7 Å². The average molecular weight is 554 g/mol. The van der Waals surface area contributed by atoms with Crippen LogP contribution < -0.4 is 10.6 Å². The Morgan fingerprint density at radius 1 is 1.07 bits per heavy atom. The van der Waals surface area contributed by atoms with E-state index >= 15 is 4.39 Å². The second kappa shape index (κ2) is 10.3. The summed E-state index contributed by atoms with van der Waals surface area (Å²) < 4.78 is 17.2. The molecule has 0 spiro atoms. The van der Waals surface area contributed by atoms with E-state index in [9.17, 15) is 9.90 Å². The lowest BCUT2D eigenvalue weighted by atomic mass is 9.93. The number of amides is 1. The second-order valence-electron chi connectivity index (χ2n) is 11.4. The molecule has 0 unspecified atom stereocenters. The highest BCUT2D eigenvalue weighted by atomic mass is 19.1. The molecule has 2 saturated carbocycles. The Morgan fingerprint density at radius 3 is 2.68 bits per heavy atom. The van der Waals surface area contributed by atoms with Crippen molar-refractivity contribution in [1.82, 2.24) is 24.7 Å². The van der Waals surface area contributed by atoms with Gasteiger partial charge in [-0.3, -0.25) is 9.48 Å². The summed E-state index contributed by atoms with van der Waals surface area (Å²) in [5.74, 6) is 0.386. The SMILES string of the molecule is Nc1nc(Cc2cnn(C3CCCC3)c2)nc(-c2cccc(N3CCc4cc(C5CC5)cc(F)c4C3=O)c2CO)n1. The molecular formula is C31H32FN7O2. The van der Waals surface area contributed by atoms with E-state index in [0.717, 1.165) is 42.4 Å². The van der Waals surface area contributed by atoms with Gasteiger partial charge in [-0.2, -0.15) is 15.1 Å². The molecule has 0 radical (unpaired) electrons. The van der Waals surface area contributed by atoms with E-state index in [2.05, 4.69) is 20.1 Å². The molecule has 3 aliphatic rings. The van der Waals surface area contributed by atoms with Gasteiger partial charge in [-0.1, -0.05) is 31.0 Å². The molecule has 7 rings (SSSR count). The number of nitrogens with two attached hydrogens (primary N) is 1. The zero-order valence-corrected chi connectivity index (χ0v) is 22.8. The van der Waals surface area contributed by atoms with Gasteiger partial charge in [0, 0.05) is 30.3 Å². The molecule has 210 valence electrons. The molecule has 2 aromatic heterocycles. The molecule has 9 nitrogen and oxygen atoms in total. The lowest BCUT2D eigenvalue weighted by molar-refractivity contribution is 0.0976. The van der Waals surface area contributed by atoms with Crippen molar-refractivity contribution in [2.24, 2.45) is 0 Å². The number of fused-ring (bicyclic) bond motifs is 1. The number of nitrogen functional groups attached to an aromatic ring is 1. The first-order chi connectivity index (χ1) is 20.0. The van der Waals surface area contributed by atoms with Crippen LogP contribution in [0.2, 0.25) is 0 Å². The summed E-state index contributed by atoms with van der Waals surface area (Å²) in [5, 5.41) is 15.0. The molecule has 4 aromatic rings. The van der Waals surface area contributed by atoms with Crippen LogP contribution >= 0.6 is 0 Å². The Balaban J connectivity index is 1.19. The summed E-state index contributed by atoms with van der Waals surface area (Å²) in [4.78, 5) is 28.5. The highest BCUT2D eigenvalue weighted by molar-refractivity contribution is 6.09. The van der Waals surface area contributed by atoms with Crippen LogP contribution in [0.3, 0.4) is 0 Å². The molecule has 2 aliphatic carbocycles. The second-order valence-corrected chi connectivity index (χ2v) is 11.4. The van der Waals surface area contributed by atoms with Crippen LogP contribution in [0.4, 0.5) is 16.0 Å². The molecule has 3 N–H and O–H groups in total. The lowest BCUT2D eigenvalue weighted by Gasteiger charge is -2.31. The van der Waals surface area contributed by atoms with E-state index in [4.69, 9.17) is 5.73 Å². The number of anilines is 2. The Morgan fingerprint density at radius 2 is 1.90 bits per heavy atom. The number of halogens is 1. The quantitative estimate of drug-likeness (QED) is 0.339. The van der Waals surface area contributed by atoms with Crippen molar-refractivity contribution in [3.05, 3.63) is 82.2 Å². The first kappa shape index (κ1) is 25.8. The van der Waals surface area contributed by atoms with Crippen molar-refractivity contribution in [2.75, 3.05) is 17.2 Å². The number of nitrogens with zero attached hydrogens (tertiary/aromatic N) is 6. The minimum absolute atomic E-state index is 0.0685. The van der Waals surface area contributed by atoms with Gasteiger partial charge in [0.25, 0.3) is 5.91 Å².